The molecule has 0 fully saturated rings. The Bertz CT molecular complexity index is 180. The van der Waals surface area contributed by atoms with Crippen LogP contribution in [0.3, 0.4) is 0 Å². The van der Waals surface area contributed by atoms with E-state index in [4.69, 9.17) is 14.6 Å². The zero-order valence-corrected chi connectivity index (χ0v) is 10.3. The summed E-state index contributed by atoms with van der Waals surface area (Å²) in [4.78, 5) is 0. The van der Waals surface area contributed by atoms with Crippen LogP contribution in [0.5, 0.6) is 0 Å². The molecule has 0 aromatic carbocycles. The van der Waals surface area contributed by atoms with Gasteiger partial charge in [0.15, 0.2) is 0 Å². The first-order valence-electron chi connectivity index (χ1n) is 5.74. The van der Waals surface area contributed by atoms with Gasteiger partial charge >= 0.3 is 7.12 Å². The molecule has 0 saturated carbocycles. The Kier molecular flexibility index (Phi) is 8.45. The fourth-order valence-corrected chi connectivity index (χ4v) is 1.29. The highest BCUT2D eigenvalue weighted by molar-refractivity contribution is 6.44. The van der Waals surface area contributed by atoms with E-state index in [-0.39, 0.29) is 19.3 Å². The smallest absolute Gasteiger partial charge is 0.409 e. The van der Waals surface area contributed by atoms with Crippen molar-refractivity contribution in [1.29, 1.82) is 5.26 Å². The molecule has 0 aliphatic heterocycles. The van der Waals surface area contributed by atoms with Crippen LogP contribution >= 0.6 is 0 Å². The summed E-state index contributed by atoms with van der Waals surface area (Å²) in [5.74, 6) is 0. The molecular formula is C11H22BNO2. The van der Waals surface area contributed by atoms with Crippen molar-refractivity contribution in [2.45, 2.75) is 65.5 Å². The van der Waals surface area contributed by atoms with Crippen molar-refractivity contribution >= 4 is 7.12 Å². The second kappa shape index (κ2) is 8.76. The molecule has 0 unspecified atom stereocenters. The van der Waals surface area contributed by atoms with E-state index in [1.807, 2.05) is 27.7 Å². The minimum Gasteiger partial charge on any atom is -0.409 e. The summed E-state index contributed by atoms with van der Waals surface area (Å²) in [5, 5.41) is 8.41. The maximum absolute atomic E-state index is 8.41. The van der Waals surface area contributed by atoms with Gasteiger partial charge in [0, 0.05) is 18.6 Å². The molecule has 15 heavy (non-hydrogen) atoms. The van der Waals surface area contributed by atoms with E-state index in [2.05, 4.69) is 6.07 Å². The van der Waals surface area contributed by atoms with Crippen molar-refractivity contribution in [3.63, 3.8) is 0 Å². The zero-order chi connectivity index (χ0) is 11.7. The van der Waals surface area contributed by atoms with Crippen molar-refractivity contribution in [2.75, 3.05) is 0 Å². The Morgan fingerprint density at radius 3 is 2.00 bits per heavy atom. The molecule has 0 aliphatic rings. The summed E-state index contributed by atoms with van der Waals surface area (Å²) in [6.45, 7) is 8.02. The lowest BCUT2D eigenvalue weighted by molar-refractivity contribution is 0.129. The van der Waals surface area contributed by atoms with Crippen LogP contribution < -0.4 is 0 Å². The molecule has 0 aromatic heterocycles. The topological polar surface area (TPSA) is 42.2 Å². The lowest BCUT2D eigenvalue weighted by atomic mass is 9.81. The molecule has 0 spiro atoms. The summed E-state index contributed by atoms with van der Waals surface area (Å²) < 4.78 is 11.3. The molecule has 0 saturated heterocycles. The van der Waals surface area contributed by atoms with Crippen LogP contribution in [-0.2, 0) is 9.31 Å². The third-order valence-electron chi connectivity index (χ3n) is 1.83. The Balaban J connectivity index is 3.75. The van der Waals surface area contributed by atoms with Gasteiger partial charge in [0.2, 0.25) is 0 Å². The molecule has 0 aromatic rings. The van der Waals surface area contributed by atoms with Gasteiger partial charge in [-0.15, -0.1) is 0 Å². The van der Waals surface area contributed by atoms with Crippen LogP contribution in [0, 0.1) is 11.3 Å². The van der Waals surface area contributed by atoms with Gasteiger partial charge in [-0.25, -0.2) is 0 Å². The van der Waals surface area contributed by atoms with Gasteiger partial charge in [-0.05, 0) is 40.4 Å². The quantitative estimate of drug-likeness (QED) is 0.457. The van der Waals surface area contributed by atoms with Crippen molar-refractivity contribution in [3.05, 3.63) is 0 Å². The Morgan fingerprint density at radius 1 is 1.07 bits per heavy atom. The second-order valence-electron chi connectivity index (χ2n) is 4.20. The molecular weight excluding hydrogens is 189 g/mol. The maximum atomic E-state index is 8.41. The minimum atomic E-state index is -0.122. The summed E-state index contributed by atoms with van der Waals surface area (Å²) in [6.07, 6.45) is 3.77. The molecule has 86 valence electrons. The van der Waals surface area contributed by atoms with E-state index < -0.39 is 0 Å². The van der Waals surface area contributed by atoms with E-state index in [0.717, 1.165) is 19.2 Å². The van der Waals surface area contributed by atoms with Crippen molar-refractivity contribution in [2.24, 2.45) is 0 Å². The third-order valence-corrected chi connectivity index (χ3v) is 1.83. The van der Waals surface area contributed by atoms with Crippen LogP contribution in [0.25, 0.3) is 0 Å². The monoisotopic (exact) mass is 211 g/mol. The fourth-order valence-electron chi connectivity index (χ4n) is 1.29. The van der Waals surface area contributed by atoms with Gasteiger partial charge < -0.3 is 9.31 Å². The number of nitriles is 1. The molecule has 0 heterocycles. The molecule has 0 rings (SSSR count). The van der Waals surface area contributed by atoms with Gasteiger partial charge in [-0.1, -0.05) is 6.42 Å². The highest BCUT2D eigenvalue weighted by atomic mass is 16.6. The predicted molar refractivity (Wildman–Crippen MR) is 62.5 cm³/mol. The third kappa shape index (κ3) is 9.77. The van der Waals surface area contributed by atoms with Gasteiger partial charge in [-0.3, -0.25) is 0 Å². The maximum Gasteiger partial charge on any atom is 0.457 e. The SMILES string of the molecule is CC(C)OB(CCCCC#N)OC(C)C. The Hall–Kier alpha value is -0.525. The molecule has 0 bridgehead atoms. The average molecular weight is 211 g/mol. The van der Waals surface area contributed by atoms with E-state index in [0.29, 0.717) is 6.42 Å². The number of nitrogens with zero attached hydrogens (tertiary/aromatic N) is 1. The molecule has 0 radical (unpaired) electrons. The molecule has 0 aliphatic carbocycles. The fraction of sp³-hybridized carbons (Fsp3) is 0.909. The normalized spacial score (nSPS) is 10.7. The molecule has 0 atom stereocenters. The Labute approximate surface area is 93.9 Å². The summed E-state index contributed by atoms with van der Waals surface area (Å²) in [7, 11) is -0.122. The van der Waals surface area contributed by atoms with Crippen LogP contribution in [0.1, 0.15) is 47.0 Å². The highest BCUT2D eigenvalue weighted by Gasteiger charge is 2.20. The highest BCUT2D eigenvalue weighted by Crippen LogP contribution is 2.10. The number of hydrogen-bond donors (Lipinski definition) is 0. The first-order valence-corrected chi connectivity index (χ1v) is 5.74. The molecule has 3 nitrogen and oxygen atoms in total. The summed E-state index contributed by atoms with van der Waals surface area (Å²) in [5.41, 5.74) is 0. The average Bonchev–Trinajstić information content (AvgIpc) is 2.10. The summed E-state index contributed by atoms with van der Waals surface area (Å²) >= 11 is 0. The van der Waals surface area contributed by atoms with Gasteiger partial charge in [0.05, 0.1) is 6.07 Å². The molecule has 0 amide bonds. The van der Waals surface area contributed by atoms with Crippen LogP contribution in [0.2, 0.25) is 6.32 Å². The standard InChI is InChI=1S/C11H22BNO2/c1-10(2)14-12(15-11(3)4)8-6-5-7-9-13/h10-11H,5-8H2,1-4H3. The van der Waals surface area contributed by atoms with E-state index in [1.54, 1.807) is 0 Å². The second-order valence-corrected chi connectivity index (χ2v) is 4.20. The first-order chi connectivity index (χ1) is 7.06. The zero-order valence-electron chi connectivity index (χ0n) is 10.3. The predicted octanol–water partition coefficient (Wildman–Crippen LogP) is 3.02. The van der Waals surface area contributed by atoms with Crippen LogP contribution in [0.15, 0.2) is 0 Å². The lowest BCUT2D eigenvalue weighted by Crippen LogP contribution is -2.29. The van der Waals surface area contributed by atoms with Crippen molar-refractivity contribution in [1.82, 2.24) is 0 Å². The largest absolute Gasteiger partial charge is 0.457 e. The van der Waals surface area contributed by atoms with Crippen molar-refractivity contribution in [3.8, 4) is 6.07 Å². The minimum absolute atomic E-state index is 0.122. The van der Waals surface area contributed by atoms with Crippen molar-refractivity contribution < 1.29 is 9.31 Å². The Morgan fingerprint density at radius 2 is 1.60 bits per heavy atom. The van der Waals surface area contributed by atoms with Crippen LogP contribution in [0.4, 0.5) is 0 Å². The summed E-state index contributed by atoms with van der Waals surface area (Å²) in [6, 6.07) is 2.14. The number of hydrogen-bond acceptors (Lipinski definition) is 3. The number of rotatable bonds is 8. The van der Waals surface area contributed by atoms with E-state index in [1.165, 1.54) is 0 Å². The van der Waals surface area contributed by atoms with Crippen LogP contribution in [-0.4, -0.2) is 19.3 Å². The van der Waals surface area contributed by atoms with E-state index in [9.17, 15) is 0 Å². The molecule has 0 N–H and O–H groups in total. The number of unbranched alkanes of at least 4 members (excludes halogenated alkanes) is 2. The van der Waals surface area contributed by atoms with Gasteiger partial charge in [0.1, 0.15) is 0 Å². The lowest BCUT2D eigenvalue weighted by Gasteiger charge is -2.19. The van der Waals surface area contributed by atoms with E-state index >= 15 is 0 Å². The van der Waals surface area contributed by atoms with Gasteiger partial charge in [-0.2, -0.15) is 5.26 Å². The first kappa shape index (κ1) is 14.5. The van der Waals surface area contributed by atoms with Gasteiger partial charge in [0.25, 0.3) is 0 Å². The molecule has 4 heteroatoms.